The molecule has 6 N–H and O–H groups in total. The van der Waals surface area contributed by atoms with Crippen LogP contribution in [0.3, 0.4) is 0 Å². The van der Waals surface area contributed by atoms with Gasteiger partial charge in [0, 0.05) is 11.1 Å². The number of anilines is 1. The van der Waals surface area contributed by atoms with Crippen molar-refractivity contribution in [2.75, 3.05) is 5.73 Å². The van der Waals surface area contributed by atoms with Crippen LogP contribution in [0.15, 0.2) is 62.5 Å². The molecule has 0 aliphatic carbocycles. The smallest absolute Gasteiger partial charge is 0.335 e. The number of phenolic OH excluding ortho intramolecular Hbond substituents is 1. The lowest BCUT2D eigenvalue weighted by Crippen LogP contribution is -2.02. The molecule has 14 heteroatoms. The summed E-state index contributed by atoms with van der Waals surface area (Å²) in [6.45, 7) is 0. The van der Waals surface area contributed by atoms with Gasteiger partial charge in [0.2, 0.25) is 0 Å². The summed E-state index contributed by atoms with van der Waals surface area (Å²) in [5, 5.41) is 26.5. The number of aromatic carboxylic acids is 1. The number of hydrogen-bond donors (Lipinski definition) is 5. The summed E-state index contributed by atoms with van der Waals surface area (Å²) in [4.78, 5) is 9.45. The number of benzene rings is 3. The Hall–Kier alpha value is -3.59. The summed E-state index contributed by atoms with van der Waals surface area (Å²) >= 11 is 0. The third-order valence-corrected chi connectivity index (χ3v) is 5.79. The fourth-order valence-electron chi connectivity index (χ4n) is 2.74. The molecule has 0 atom stereocenters. The van der Waals surface area contributed by atoms with E-state index in [1.807, 2.05) is 0 Å². The SMILES string of the molecule is Nc1cc(S(=O)(=O)O)cc2cc(S(=O)(=O)O)c(N=Nc3cccc(C(=O)O)c3)c(O)c12. The van der Waals surface area contributed by atoms with Gasteiger partial charge in [-0.05, 0) is 41.8 Å². The third kappa shape index (κ3) is 4.46. The average molecular weight is 467 g/mol. The molecule has 0 saturated heterocycles. The van der Waals surface area contributed by atoms with E-state index in [0.717, 1.165) is 24.3 Å². The van der Waals surface area contributed by atoms with Crippen LogP contribution in [0.25, 0.3) is 10.8 Å². The van der Waals surface area contributed by atoms with Gasteiger partial charge in [-0.1, -0.05) is 6.07 Å². The zero-order chi connectivity index (χ0) is 23.1. The van der Waals surface area contributed by atoms with Crippen LogP contribution >= 0.6 is 0 Å². The van der Waals surface area contributed by atoms with E-state index >= 15 is 0 Å². The summed E-state index contributed by atoms with van der Waals surface area (Å²) < 4.78 is 65.2. The van der Waals surface area contributed by atoms with Gasteiger partial charge in [-0.2, -0.15) is 21.9 Å². The summed E-state index contributed by atoms with van der Waals surface area (Å²) in [5.41, 5.74) is 4.57. The molecule has 162 valence electrons. The van der Waals surface area contributed by atoms with Gasteiger partial charge >= 0.3 is 5.97 Å². The minimum Gasteiger partial charge on any atom is -0.505 e. The van der Waals surface area contributed by atoms with Crippen LogP contribution in [0.1, 0.15) is 10.4 Å². The van der Waals surface area contributed by atoms with Crippen molar-refractivity contribution in [1.29, 1.82) is 0 Å². The number of nitrogens with two attached hydrogens (primary N) is 1. The van der Waals surface area contributed by atoms with Gasteiger partial charge in [-0.15, -0.1) is 5.11 Å². The number of nitrogens with zero attached hydrogens (tertiary/aromatic N) is 2. The van der Waals surface area contributed by atoms with Gasteiger partial charge in [-0.3, -0.25) is 9.11 Å². The number of carboxylic acids is 1. The minimum absolute atomic E-state index is 0.00428. The molecule has 0 aromatic heterocycles. The number of fused-ring (bicyclic) bond motifs is 1. The first-order valence-electron chi connectivity index (χ1n) is 8.08. The van der Waals surface area contributed by atoms with E-state index in [-0.39, 0.29) is 27.7 Å². The van der Waals surface area contributed by atoms with Crippen molar-refractivity contribution < 1.29 is 40.9 Å². The summed E-state index contributed by atoms with van der Waals surface area (Å²) in [6.07, 6.45) is 0. The van der Waals surface area contributed by atoms with Crippen molar-refractivity contribution in [3.05, 3.63) is 48.0 Å². The number of phenols is 1. The average Bonchev–Trinajstić information content (AvgIpc) is 2.65. The van der Waals surface area contributed by atoms with E-state index < -0.39 is 47.4 Å². The Labute approximate surface area is 174 Å². The Morgan fingerprint density at radius 1 is 0.935 bits per heavy atom. The number of aromatic hydroxyl groups is 1. The second-order valence-electron chi connectivity index (χ2n) is 6.19. The molecule has 31 heavy (non-hydrogen) atoms. The van der Waals surface area contributed by atoms with Crippen LogP contribution in [0.5, 0.6) is 5.75 Å². The maximum atomic E-state index is 11.8. The Bertz CT molecular complexity index is 1480. The van der Waals surface area contributed by atoms with Crippen molar-refractivity contribution >= 4 is 54.0 Å². The molecule has 3 aromatic carbocycles. The first-order valence-corrected chi connectivity index (χ1v) is 11.0. The molecule has 12 nitrogen and oxygen atoms in total. The molecule has 0 saturated carbocycles. The highest BCUT2D eigenvalue weighted by atomic mass is 32.2. The topological polar surface area (TPSA) is 217 Å². The Kier molecular flexibility index (Phi) is 5.41. The number of azo groups is 1. The standard InChI is InChI=1S/C17H13N3O9S2/c18-12-7-11(30(24,25)26)5-9-6-13(31(27,28)29)15(16(21)14(9)12)20-19-10-3-1-2-8(4-10)17(22)23/h1-7,21H,18H2,(H,22,23)(H,24,25,26)(H,27,28,29). The Balaban J connectivity index is 2.30. The quantitative estimate of drug-likeness (QED) is 0.210. The molecule has 0 heterocycles. The molecule has 0 aliphatic rings. The highest BCUT2D eigenvalue weighted by Crippen LogP contribution is 2.44. The molecule has 0 amide bonds. The van der Waals surface area contributed by atoms with Gasteiger partial charge in [0.1, 0.15) is 10.6 Å². The molecule has 3 aromatic rings. The monoisotopic (exact) mass is 467 g/mol. The predicted molar refractivity (Wildman–Crippen MR) is 107 cm³/mol. The Morgan fingerprint density at radius 3 is 2.19 bits per heavy atom. The summed E-state index contributed by atoms with van der Waals surface area (Å²) in [6, 6.07) is 7.59. The lowest BCUT2D eigenvalue weighted by Gasteiger charge is -2.11. The van der Waals surface area contributed by atoms with Crippen LogP contribution in [0.2, 0.25) is 0 Å². The van der Waals surface area contributed by atoms with Crippen molar-refractivity contribution in [3.8, 4) is 5.75 Å². The lowest BCUT2D eigenvalue weighted by molar-refractivity contribution is 0.0697. The largest absolute Gasteiger partial charge is 0.505 e. The highest BCUT2D eigenvalue weighted by molar-refractivity contribution is 7.86. The molecular formula is C17H13N3O9S2. The van der Waals surface area contributed by atoms with E-state index in [2.05, 4.69) is 10.2 Å². The summed E-state index contributed by atoms with van der Waals surface area (Å²) in [5.74, 6) is -2.09. The van der Waals surface area contributed by atoms with Crippen LogP contribution in [-0.2, 0) is 20.2 Å². The third-order valence-electron chi connectivity index (χ3n) is 4.09. The van der Waals surface area contributed by atoms with E-state index in [9.17, 15) is 35.8 Å². The molecule has 0 radical (unpaired) electrons. The minimum atomic E-state index is -5.00. The fourth-order valence-corrected chi connectivity index (χ4v) is 3.95. The summed E-state index contributed by atoms with van der Waals surface area (Å²) in [7, 11) is -9.70. The second-order valence-corrected chi connectivity index (χ2v) is 9.00. The van der Waals surface area contributed by atoms with Crippen LogP contribution in [0.4, 0.5) is 17.1 Å². The van der Waals surface area contributed by atoms with Gasteiger partial charge < -0.3 is 15.9 Å². The first-order chi connectivity index (χ1) is 14.3. The number of carboxylic acid groups (broad SMARTS) is 1. The van der Waals surface area contributed by atoms with E-state index in [1.54, 1.807) is 0 Å². The highest BCUT2D eigenvalue weighted by Gasteiger charge is 2.24. The zero-order valence-electron chi connectivity index (χ0n) is 15.2. The number of hydrogen-bond acceptors (Lipinski definition) is 9. The predicted octanol–water partition coefficient (Wildman–Crippen LogP) is 2.73. The van der Waals surface area contributed by atoms with Crippen LogP contribution in [-0.4, -0.2) is 42.1 Å². The van der Waals surface area contributed by atoms with Crippen molar-refractivity contribution in [3.63, 3.8) is 0 Å². The van der Waals surface area contributed by atoms with Gasteiger partial charge in [-0.25, -0.2) is 4.79 Å². The lowest BCUT2D eigenvalue weighted by atomic mass is 10.1. The van der Waals surface area contributed by atoms with Crippen molar-refractivity contribution in [1.82, 2.24) is 0 Å². The van der Waals surface area contributed by atoms with Crippen LogP contribution in [0, 0.1) is 0 Å². The van der Waals surface area contributed by atoms with E-state index in [0.29, 0.717) is 0 Å². The number of carbonyl (C=O) groups is 1. The van der Waals surface area contributed by atoms with Crippen molar-refractivity contribution in [2.24, 2.45) is 10.2 Å². The van der Waals surface area contributed by atoms with Gasteiger partial charge in [0.05, 0.1) is 16.1 Å². The molecule has 0 bridgehead atoms. The van der Waals surface area contributed by atoms with Crippen molar-refractivity contribution in [2.45, 2.75) is 9.79 Å². The first kappa shape index (κ1) is 22.1. The molecule has 0 spiro atoms. The molecule has 0 fully saturated rings. The maximum Gasteiger partial charge on any atom is 0.335 e. The maximum absolute atomic E-state index is 11.8. The number of rotatable bonds is 5. The fraction of sp³-hybridized carbons (Fsp3) is 0. The number of nitrogen functional groups attached to an aromatic ring is 1. The van der Waals surface area contributed by atoms with E-state index in [1.165, 1.54) is 18.2 Å². The van der Waals surface area contributed by atoms with E-state index in [4.69, 9.17) is 10.8 Å². The molecular weight excluding hydrogens is 454 g/mol. The molecule has 0 unspecified atom stereocenters. The normalized spacial score (nSPS) is 12.5. The Morgan fingerprint density at radius 2 is 1.61 bits per heavy atom. The second kappa shape index (κ2) is 7.59. The van der Waals surface area contributed by atoms with Crippen LogP contribution < -0.4 is 5.73 Å². The molecule has 0 aliphatic heterocycles. The van der Waals surface area contributed by atoms with Gasteiger partial charge in [0.25, 0.3) is 20.2 Å². The molecule has 3 rings (SSSR count). The zero-order valence-corrected chi connectivity index (χ0v) is 16.8. The van der Waals surface area contributed by atoms with Gasteiger partial charge in [0.15, 0.2) is 5.75 Å².